The predicted molar refractivity (Wildman–Crippen MR) is 120 cm³/mol. The molecule has 3 aromatic rings. The van der Waals surface area contributed by atoms with Gasteiger partial charge in [-0.15, -0.1) is 0 Å². The van der Waals surface area contributed by atoms with Crippen molar-refractivity contribution >= 4 is 26.7 Å². The minimum atomic E-state index is -3.20. The lowest BCUT2D eigenvalue weighted by molar-refractivity contribution is 0.0648. The van der Waals surface area contributed by atoms with Crippen LogP contribution in [0.1, 0.15) is 39.2 Å². The van der Waals surface area contributed by atoms with Crippen LogP contribution in [0.15, 0.2) is 51.7 Å². The third-order valence-corrected chi connectivity index (χ3v) is 7.52. The molecule has 1 aliphatic heterocycles. The maximum atomic E-state index is 13.5. The van der Waals surface area contributed by atoms with Gasteiger partial charge in [-0.3, -0.25) is 9.59 Å². The van der Waals surface area contributed by atoms with E-state index in [9.17, 15) is 18.0 Å². The summed E-state index contributed by atoms with van der Waals surface area (Å²) in [5.41, 5.74) is 3.78. The van der Waals surface area contributed by atoms with E-state index in [2.05, 4.69) is 0 Å². The largest absolute Gasteiger partial charge is 0.451 e. The number of hydrogen-bond donors (Lipinski definition) is 0. The maximum absolute atomic E-state index is 13.5. The van der Waals surface area contributed by atoms with Crippen LogP contribution in [0.3, 0.4) is 0 Å². The van der Waals surface area contributed by atoms with Gasteiger partial charge in [-0.25, -0.2) is 8.42 Å². The van der Waals surface area contributed by atoms with Crippen LogP contribution in [-0.2, 0) is 16.4 Å². The zero-order valence-corrected chi connectivity index (χ0v) is 18.7. The number of nitrogens with zero attached hydrogens (tertiary/aromatic N) is 1. The number of sulfone groups is 1. The Hall–Kier alpha value is -2.93. The topological polar surface area (TPSA) is 84.7 Å². The van der Waals surface area contributed by atoms with Crippen molar-refractivity contribution in [1.29, 1.82) is 0 Å². The number of amides is 1. The molecule has 4 rings (SSSR count). The third kappa shape index (κ3) is 4.42. The number of carbonyl (C=O) groups is 1. The lowest BCUT2D eigenvalue weighted by Gasteiger charge is -2.28. The minimum absolute atomic E-state index is 0.0510. The summed E-state index contributed by atoms with van der Waals surface area (Å²) in [6.07, 6.45) is 0.371. The summed E-state index contributed by atoms with van der Waals surface area (Å²) < 4.78 is 30.1. The first-order valence-corrected chi connectivity index (χ1v) is 12.1. The SMILES string of the molecule is Cc1ccc(CN(C(=O)c2cc(=O)c3c(C)cc(C)cc3o2)C2CCS(=O)(=O)C2)cc1. The van der Waals surface area contributed by atoms with E-state index in [1.807, 2.05) is 51.1 Å². The fourth-order valence-corrected chi connectivity index (χ4v) is 5.92. The average Bonchev–Trinajstić information content (AvgIpc) is 3.05. The van der Waals surface area contributed by atoms with Crippen molar-refractivity contribution < 1.29 is 17.6 Å². The summed E-state index contributed by atoms with van der Waals surface area (Å²) in [6, 6.07) is 12.1. The van der Waals surface area contributed by atoms with Crippen molar-refractivity contribution in [2.24, 2.45) is 0 Å². The zero-order valence-electron chi connectivity index (χ0n) is 17.8. The second-order valence-electron chi connectivity index (χ2n) is 8.41. The van der Waals surface area contributed by atoms with Crippen LogP contribution >= 0.6 is 0 Å². The van der Waals surface area contributed by atoms with Gasteiger partial charge in [0.15, 0.2) is 21.0 Å². The molecule has 2 heterocycles. The number of fused-ring (bicyclic) bond motifs is 1. The highest BCUT2D eigenvalue weighted by molar-refractivity contribution is 7.91. The first-order valence-electron chi connectivity index (χ1n) is 10.2. The molecule has 0 saturated carbocycles. The van der Waals surface area contributed by atoms with Crippen molar-refractivity contribution in [3.8, 4) is 0 Å². The van der Waals surface area contributed by atoms with Crippen molar-refractivity contribution in [1.82, 2.24) is 4.90 Å². The van der Waals surface area contributed by atoms with E-state index in [1.165, 1.54) is 11.0 Å². The summed E-state index contributed by atoms with van der Waals surface area (Å²) in [4.78, 5) is 27.8. The van der Waals surface area contributed by atoms with E-state index in [0.29, 0.717) is 17.4 Å². The normalized spacial score (nSPS) is 17.7. The molecular formula is C24H25NO5S. The van der Waals surface area contributed by atoms with Gasteiger partial charge in [0.05, 0.1) is 16.9 Å². The van der Waals surface area contributed by atoms with Crippen LogP contribution in [0.25, 0.3) is 11.0 Å². The molecule has 6 nitrogen and oxygen atoms in total. The van der Waals surface area contributed by atoms with Crippen LogP contribution in [0.5, 0.6) is 0 Å². The maximum Gasteiger partial charge on any atom is 0.290 e. The fourth-order valence-electron chi connectivity index (χ4n) is 4.19. The Balaban J connectivity index is 1.76. The van der Waals surface area contributed by atoms with Gasteiger partial charge in [0, 0.05) is 18.7 Å². The highest BCUT2D eigenvalue weighted by atomic mass is 32.2. The number of hydrogen-bond acceptors (Lipinski definition) is 5. The van der Waals surface area contributed by atoms with Gasteiger partial charge in [-0.1, -0.05) is 35.9 Å². The molecule has 1 aliphatic rings. The Labute approximate surface area is 181 Å². The smallest absolute Gasteiger partial charge is 0.290 e. The summed E-state index contributed by atoms with van der Waals surface area (Å²) in [5, 5.41) is 0.454. The van der Waals surface area contributed by atoms with Gasteiger partial charge < -0.3 is 9.32 Å². The molecule has 1 unspecified atom stereocenters. The van der Waals surface area contributed by atoms with E-state index in [1.54, 1.807) is 6.07 Å². The molecule has 1 amide bonds. The third-order valence-electron chi connectivity index (χ3n) is 5.77. The summed E-state index contributed by atoms with van der Waals surface area (Å²) in [5.74, 6) is -0.574. The second kappa shape index (κ2) is 7.96. The average molecular weight is 440 g/mol. The number of carbonyl (C=O) groups excluding carboxylic acids is 1. The van der Waals surface area contributed by atoms with Crippen LogP contribution < -0.4 is 5.43 Å². The number of aryl methyl sites for hydroxylation is 3. The standard InChI is InChI=1S/C24H25NO5S/c1-15-4-6-18(7-5-15)13-25(19-8-9-31(28,29)14-19)24(27)22-12-20(26)23-17(3)10-16(2)11-21(23)30-22/h4-7,10-12,19H,8-9,13-14H2,1-3H3. The van der Waals surface area contributed by atoms with Crippen LogP contribution in [0, 0.1) is 20.8 Å². The molecule has 2 aromatic carbocycles. The summed E-state index contributed by atoms with van der Waals surface area (Å²) >= 11 is 0. The van der Waals surface area contributed by atoms with Gasteiger partial charge in [-0.2, -0.15) is 0 Å². The zero-order chi connectivity index (χ0) is 22.3. The molecular weight excluding hydrogens is 414 g/mol. The number of benzene rings is 2. The van der Waals surface area contributed by atoms with Crippen LogP contribution in [0.2, 0.25) is 0 Å². The second-order valence-corrected chi connectivity index (χ2v) is 10.6. The van der Waals surface area contributed by atoms with Gasteiger partial charge >= 0.3 is 0 Å². The van der Waals surface area contributed by atoms with E-state index in [0.717, 1.165) is 22.3 Å². The lowest BCUT2D eigenvalue weighted by Crippen LogP contribution is -2.41. The molecule has 7 heteroatoms. The summed E-state index contributed by atoms with van der Waals surface area (Å²) in [6.45, 7) is 5.95. The Bertz CT molecular complexity index is 1320. The van der Waals surface area contributed by atoms with E-state index < -0.39 is 21.8 Å². The molecule has 1 fully saturated rings. The Morgan fingerprint density at radius 3 is 2.42 bits per heavy atom. The molecule has 0 bridgehead atoms. The lowest BCUT2D eigenvalue weighted by atomic mass is 10.1. The molecule has 1 atom stereocenters. The van der Waals surface area contributed by atoms with Gasteiger partial charge in [0.1, 0.15) is 5.58 Å². The van der Waals surface area contributed by atoms with Gasteiger partial charge in [0.25, 0.3) is 5.91 Å². The number of rotatable bonds is 4. The molecule has 0 spiro atoms. The van der Waals surface area contributed by atoms with Crippen molar-refractivity contribution in [3.63, 3.8) is 0 Å². The molecule has 31 heavy (non-hydrogen) atoms. The summed E-state index contributed by atoms with van der Waals surface area (Å²) in [7, 11) is -3.20. The molecule has 0 aliphatic carbocycles. The molecule has 162 valence electrons. The fraction of sp³-hybridized carbons (Fsp3) is 0.333. The van der Waals surface area contributed by atoms with Crippen molar-refractivity contribution in [3.05, 3.63) is 80.7 Å². The van der Waals surface area contributed by atoms with E-state index >= 15 is 0 Å². The van der Waals surface area contributed by atoms with E-state index in [4.69, 9.17) is 4.42 Å². The minimum Gasteiger partial charge on any atom is -0.451 e. The first kappa shape index (κ1) is 21.3. The Morgan fingerprint density at radius 1 is 1.06 bits per heavy atom. The van der Waals surface area contributed by atoms with Crippen molar-refractivity contribution in [2.75, 3.05) is 11.5 Å². The quantitative estimate of drug-likeness (QED) is 0.621. The highest BCUT2D eigenvalue weighted by Gasteiger charge is 2.36. The van der Waals surface area contributed by atoms with E-state index in [-0.39, 0.29) is 29.2 Å². The molecule has 0 radical (unpaired) electrons. The van der Waals surface area contributed by atoms with Crippen LogP contribution in [0.4, 0.5) is 0 Å². The highest BCUT2D eigenvalue weighted by Crippen LogP contribution is 2.24. The molecule has 1 aromatic heterocycles. The molecule has 1 saturated heterocycles. The van der Waals surface area contributed by atoms with Crippen molar-refractivity contribution in [2.45, 2.75) is 39.8 Å². The van der Waals surface area contributed by atoms with Gasteiger partial charge in [0.2, 0.25) is 0 Å². The van der Waals surface area contributed by atoms with Gasteiger partial charge in [-0.05, 0) is 49.9 Å². The Morgan fingerprint density at radius 2 is 1.77 bits per heavy atom. The predicted octanol–water partition coefficient (Wildman–Crippen LogP) is 3.55. The molecule has 0 N–H and O–H groups in total. The van der Waals surface area contributed by atoms with Crippen LogP contribution in [-0.4, -0.2) is 36.8 Å². The monoisotopic (exact) mass is 439 g/mol. The Kier molecular flexibility index (Phi) is 5.47. The first-order chi connectivity index (χ1) is 14.6.